The van der Waals surface area contributed by atoms with E-state index in [2.05, 4.69) is 0 Å². The van der Waals surface area contributed by atoms with Gasteiger partial charge in [-0.2, -0.15) is 13.2 Å². The first kappa shape index (κ1) is 17.3. The summed E-state index contributed by atoms with van der Waals surface area (Å²) in [7, 11) is 0. The van der Waals surface area contributed by atoms with Crippen LogP contribution in [0.15, 0.2) is 30.3 Å². The molecule has 0 aliphatic carbocycles. The van der Waals surface area contributed by atoms with E-state index in [4.69, 9.17) is 4.74 Å². The number of hydrogen-bond donors (Lipinski definition) is 0. The summed E-state index contributed by atoms with van der Waals surface area (Å²) < 4.78 is 41.2. The number of ether oxygens (including phenoxy) is 1. The van der Waals surface area contributed by atoms with Crippen LogP contribution in [0.25, 0.3) is 0 Å². The second-order valence-corrected chi connectivity index (χ2v) is 6.53. The summed E-state index contributed by atoms with van der Waals surface area (Å²) in [5.74, 6) is -0.797. The Kier molecular flexibility index (Phi) is 6.29. The molecule has 20 heavy (non-hydrogen) atoms. The molecular weight excluding hydrogens is 384 g/mol. The monoisotopic (exact) mass is 400 g/mol. The molecule has 6 heteroatoms. The molecule has 0 fully saturated rings. The van der Waals surface area contributed by atoms with Crippen LogP contribution in [0.4, 0.5) is 13.2 Å². The number of alkyl halides is 4. The molecule has 1 rings (SSSR count). The number of carbonyl (C=O) groups excluding carboxylic acids is 1. The van der Waals surface area contributed by atoms with Crippen molar-refractivity contribution in [2.75, 3.05) is 6.61 Å². The second kappa shape index (κ2) is 7.28. The molecule has 112 valence electrons. The molecule has 2 nitrogen and oxygen atoms in total. The molecule has 0 amide bonds. The van der Waals surface area contributed by atoms with Gasteiger partial charge in [-0.1, -0.05) is 52.9 Å². The molecule has 1 atom stereocenters. The maximum absolute atomic E-state index is 12.7. The van der Waals surface area contributed by atoms with Crippen molar-refractivity contribution in [2.45, 2.75) is 35.8 Å². The quantitative estimate of drug-likeness (QED) is 0.404. The van der Waals surface area contributed by atoms with Gasteiger partial charge in [0, 0.05) is 0 Å². The number of carbonyl (C=O) groups is 1. The predicted molar refractivity (Wildman–Crippen MR) is 78.8 cm³/mol. The zero-order valence-electron chi connectivity index (χ0n) is 11.0. The van der Waals surface area contributed by atoms with Gasteiger partial charge in [-0.3, -0.25) is 4.79 Å². The van der Waals surface area contributed by atoms with E-state index in [0.29, 0.717) is 6.42 Å². The minimum Gasteiger partial charge on any atom is -0.465 e. The van der Waals surface area contributed by atoms with Gasteiger partial charge in [0.15, 0.2) is 0 Å². The molecule has 0 saturated carbocycles. The smallest absolute Gasteiger partial charge is 0.390 e. The SMILES string of the molecule is CCOC(=O)C(I)(CCc1ccccc1)CC(F)(F)F. The first-order chi connectivity index (χ1) is 9.27. The van der Waals surface area contributed by atoms with Crippen LogP contribution in [0.1, 0.15) is 25.3 Å². The highest BCUT2D eigenvalue weighted by molar-refractivity contribution is 14.1. The highest BCUT2D eigenvalue weighted by Crippen LogP contribution is 2.38. The van der Waals surface area contributed by atoms with Crippen LogP contribution in [0.5, 0.6) is 0 Å². The van der Waals surface area contributed by atoms with Gasteiger partial charge >= 0.3 is 12.1 Å². The van der Waals surface area contributed by atoms with Crippen LogP contribution in [0.2, 0.25) is 0 Å². The van der Waals surface area contributed by atoms with Crippen molar-refractivity contribution in [3.63, 3.8) is 0 Å². The van der Waals surface area contributed by atoms with Crippen molar-refractivity contribution < 1.29 is 22.7 Å². The molecule has 0 radical (unpaired) electrons. The van der Waals surface area contributed by atoms with Crippen molar-refractivity contribution in [2.24, 2.45) is 0 Å². The normalized spacial score (nSPS) is 14.7. The van der Waals surface area contributed by atoms with E-state index in [0.717, 1.165) is 5.56 Å². The fourth-order valence-corrected chi connectivity index (χ4v) is 2.69. The average Bonchev–Trinajstić information content (AvgIpc) is 2.36. The number of benzene rings is 1. The summed E-state index contributed by atoms with van der Waals surface area (Å²) in [4.78, 5) is 11.8. The first-order valence-electron chi connectivity index (χ1n) is 6.23. The molecule has 0 N–H and O–H groups in total. The van der Waals surface area contributed by atoms with Crippen LogP contribution in [0.3, 0.4) is 0 Å². The molecule has 0 aliphatic rings. The summed E-state index contributed by atoms with van der Waals surface area (Å²) in [5.41, 5.74) is 0.903. The lowest BCUT2D eigenvalue weighted by Crippen LogP contribution is -2.39. The van der Waals surface area contributed by atoms with Crippen LogP contribution >= 0.6 is 22.6 Å². The number of esters is 1. The number of rotatable bonds is 6. The number of halogens is 4. The van der Waals surface area contributed by atoms with Gasteiger partial charge in [0.25, 0.3) is 0 Å². The van der Waals surface area contributed by atoms with Gasteiger partial charge in [-0.15, -0.1) is 0 Å². The zero-order valence-corrected chi connectivity index (χ0v) is 13.2. The Labute approximate surface area is 129 Å². The molecule has 0 heterocycles. The molecule has 0 aromatic heterocycles. The highest BCUT2D eigenvalue weighted by atomic mass is 127. The van der Waals surface area contributed by atoms with E-state index < -0.39 is 22.0 Å². The molecule has 1 unspecified atom stereocenters. The standard InChI is InChI=1S/C14H16F3IO2/c1-2-20-12(19)13(18,10-14(15,16)17)9-8-11-6-4-3-5-7-11/h3-7H,2,8-10H2,1H3. The topological polar surface area (TPSA) is 26.3 Å². The van der Waals surface area contributed by atoms with Crippen molar-refractivity contribution in [1.29, 1.82) is 0 Å². The van der Waals surface area contributed by atoms with Crippen LogP contribution in [0, 0.1) is 0 Å². The van der Waals surface area contributed by atoms with Crippen LogP contribution in [-0.4, -0.2) is 22.2 Å². The summed E-state index contributed by atoms with van der Waals surface area (Å²) in [5, 5.41) is 0. The van der Waals surface area contributed by atoms with E-state index >= 15 is 0 Å². The summed E-state index contributed by atoms with van der Waals surface area (Å²) in [6.45, 7) is 1.66. The lowest BCUT2D eigenvalue weighted by molar-refractivity contribution is -0.162. The third-order valence-electron chi connectivity index (χ3n) is 2.77. The van der Waals surface area contributed by atoms with E-state index in [1.54, 1.807) is 29.5 Å². The molecule has 0 aliphatic heterocycles. The van der Waals surface area contributed by atoms with E-state index in [9.17, 15) is 18.0 Å². The molecule has 1 aromatic rings. The van der Waals surface area contributed by atoms with Crippen molar-refractivity contribution in [3.05, 3.63) is 35.9 Å². The van der Waals surface area contributed by atoms with Gasteiger partial charge < -0.3 is 4.74 Å². The molecule has 0 bridgehead atoms. The lowest BCUT2D eigenvalue weighted by Gasteiger charge is -2.26. The van der Waals surface area contributed by atoms with Gasteiger partial charge in [0.1, 0.15) is 3.42 Å². The van der Waals surface area contributed by atoms with Crippen LogP contribution < -0.4 is 0 Å². The van der Waals surface area contributed by atoms with Crippen molar-refractivity contribution in [1.82, 2.24) is 0 Å². The van der Waals surface area contributed by atoms with Crippen molar-refractivity contribution >= 4 is 28.6 Å². The largest absolute Gasteiger partial charge is 0.465 e. The minimum atomic E-state index is -4.40. The Morgan fingerprint density at radius 1 is 1.25 bits per heavy atom. The Bertz CT molecular complexity index is 434. The van der Waals surface area contributed by atoms with E-state index in [-0.39, 0.29) is 13.0 Å². The summed E-state index contributed by atoms with van der Waals surface area (Å²) in [6.07, 6.45) is -5.08. The molecule has 0 saturated heterocycles. The Hall–Kier alpha value is -0.790. The summed E-state index contributed by atoms with van der Waals surface area (Å²) in [6, 6.07) is 9.13. The zero-order chi connectivity index (χ0) is 15.2. The van der Waals surface area contributed by atoms with Gasteiger partial charge in [0.05, 0.1) is 13.0 Å². The summed E-state index contributed by atoms with van der Waals surface area (Å²) >= 11 is 1.58. The number of hydrogen-bond acceptors (Lipinski definition) is 2. The fraction of sp³-hybridized carbons (Fsp3) is 0.500. The molecule has 0 spiro atoms. The second-order valence-electron chi connectivity index (χ2n) is 4.46. The van der Waals surface area contributed by atoms with Gasteiger partial charge in [0.2, 0.25) is 0 Å². The van der Waals surface area contributed by atoms with Gasteiger partial charge in [-0.05, 0) is 25.3 Å². The fourth-order valence-electron chi connectivity index (χ4n) is 1.83. The number of aryl methyl sites for hydroxylation is 1. The minimum absolute atomic E-state index is 0.0762. The maximum Gasteiger partial charge on any atom is 0.390 e. The van der Waals surface area contributed by atoms with Crippen molar-refractivity contribution in [3.8, 4) is 0 Å². The Balaban J connectivity index is 2.79. The average molecular weight is 400 g/mol. The Morgan fingerprint density at radius 3 is 2.35 bits per heavy atom. The van der Waals surface area contributed by atoms with E-state index in [1.807, 2.05) is 30.3 Å². The maximum atomic E-state index is 12.7. The Morgan fingerprint density at radius 2 is 1.85 bits per heavy atom. The van der Waals surface area contributed by atoms with Gasteiger partial charge in [-0.25, -0.2) is 0 Å². The predicted octanol–water partition coefficient (Wildman–Crippen LogP) is 4.31. The lowest BCUT2D eigenvalue weighted by atomic mass is 9.96. The molecule has 1 aromatic carbocycles. The first-order valence-corrected chi connectivity index (χ1v) is 7.31. The van der Waals surface area contributed by atoms with E-state index in [1.165, 1.54) is 0 Å². The molecular formula is C14H16F3IO2. The highest BCUT2D eigenvalue weighted by Gasteiger charge is 2.46. The third-order valence-corrected chi connectivity index (χ3v) is 4.14. The third kappa shape index (κ3) is 5.68. The van der Waals surface area contributed by atoms with Crippen LogP contribution in [-0.2, 0) is 16.0 Å².